The molecule has 6 rings (SSSR count). The number of halogens is 1. The van der Waals surface area contributed by atoms with Crippen molar-refractivity contribution in [1.29, 1.82) is 0 Å². The Balaban J connectivity index is 1.68. The van der Waals surface area contributed by atoms with E-state index in [-0.39, 0.29) is 17.3 Å². The molecule has 39 heavy (non-hydrogen) atoms. The first-order valence-electron chi connectivity index (χ1n) is 13.6. The molecule has 3 aromatic carbocycles. The van der Waals surface area contributed by atoms with Gasteiger partial charge in [-0.25, -0.2) is 0 Å². The Morgan fingerprint density at radius 3 is 2.10 bits per heavy atom. The second kappa shape index (κ2) is 8.76. The molecule has 198 valence electrons. The molecule has 4 nitrogen and oxygen atoms in total. The predicted octanol–water partition coefficient (Wildman–Crippen LogP) is 7.51. The van der Waals surface area contributed by atoms with Crippen LogP contribution in [0, 0.1) is 10.8 Å². The van der Waals surface area contributed by atoms with Crippen LogP contribution in [0.2, 0.25) is 5.02 Å². The fourth-order valence-corrected chi connectivity index (χ4v) is 7.03. The van der Waals surface area contributed by atoms with Crippen molar-refractivity contribution in [1.82, 2.24) is 0 Å². The fourth-order valence-electron chi connectivity index (χ4n) is 6.85. The highest BCUT2D eigenvalue weighted by molar-refractivity contribution is 6.32. The quantitative estimate of drug-likeness (QED) is 0.324. The van der Waals surface area contributed by atoms with Gasteiger partial charge in [-0.2, -0.15) is 0 Å². The van der Waals surface area contributed by atoms with Crippen LogP contribution in [0.3, 0.4) is 0 Å². The highest BCUT2D eigenvalue weighted by atomic mass is 35.5. The minimum Gasteiger partial charge on any atom is -0.352 e. The number of anilines is 1. The molecule has 1 fully saturated rings. The van der Waals surface area contributed by atoms with E-state index >= 15 is 0 Å². The van der Waals surface area contributed by atoms with Gasteiger partial charge in [0.25, 0.3) is 0 Å². The topological polar surface area (TPSA) is 54.5 Å². The molecule has 3 atom stereocenters. The maximum Gasteiger partial charge on any atom is 0.180 e. The summed E-state index contributed by atoms with van der Waals surface area (Å²) in [5.74, 6) is -0.762. The average Bonchev–Trinajstić information content (AvgIpc) is 3.33. The molecule has 2 heterocycles. The fraction of sp³-hybridized carbons (Fsp3) is 0.324. The largest absolute Gasteiger partial charge is 0.352 e. The number of Topliss-reactive ketones (excluding diaryl/α,β-unsaturated/α-hetero) is 3. The van der Waals surface area contributed by atoms with Gasteiger partial charge in [-0.05, 0) is 40.8 Å². The van der Waals surface area contributed by atoms with E-state index in [0.717, 1.165) is 22.4 Å². The summed E-state index contributed by atoms with van der Waals surface area (Å²) in [5.41, 5.74) is 2.36. The number of rotatable bonds is 3. The first-order valence-corrected chi connectivity index (χ1v) is 13.9. The number of hydrogen-bond donors (Lipinski definition) is 0. The van der Waals surface area contributed by atoms with Crippen molar-refractivity contribution in [2.45, 2.75) is 58.5 Å². The average molecular weight is 538 g/mol. The van der Waals surface area contributed by atoms with Crippen molar-refractivity contribution in [3.8, 4) is 0 Å². The Bertz CT molecular complexity index is 1520. The Labute approximate surface area is 234 Å². The van der Waals surface area contributed by atoms with E-state index in [2.05, 4.69) is 26.0 Å². The van der Waals surface area contributed by atoms with Crippen LogP contribution in [0.15, 0.2) is 72.8 Å². The molecule has 1 spiro atoms. The molecule has 0 radical (unpaired) electrons. The second-order valence-corrected chi connectivity index (χ2v) is 12.8. The molecule has 0 bridgehead atoms. The number of carbonyl (C=O) groups is 3. The summed E-state index contributed by atoms with van der Waals surface area (Å²) in [7, 11) is 0. The molecule has 5 heteroatoms. The molecule has 0 aromatic heterocycles. The number of carbonyl (C=O) groups excluding carboxylic acids is 3. The summed E-state index contributed by atoms with van der Waals surface area (Å²) in [6, 6.07) is 19.5. The SMILES string of the molecule is CC(C)c1ccc([C@@H]2[C@H](C(=O)C(C)(C)C)N3c4ccc(Cl)cc4C=C[C@@H]3C23C(=O)c2ccccc2C3=O)cc1. The lowest BCUT2D eigenvalue weighted by molar-refractivity contribution is -0.127. The van der Waals surface area contributed by atoms with Crippen molar-refractivity contribution in [3.63, 3.8) is 0 Å². The van der Waals surface area contributed by atoms with Gasteiger partial charge < -0.3 is 4.90 Å². The lowest BCUT2D eigenvalue weighted by atomic mass is 9.63. The van der Waals surface area contributed by atoms with Gasteiger partial charge in [0.2, 0.25) is 0 Å². The summed E-state index contributed by atoms with van der Waals surface area (Å²) in [6.45, 7) is 9.98. The van der Waals surface area contributed by atoms with Crippen molar-refractivity contribution in [2.75, 3.05) is 4.90 Å². The third-order valence-corrected chi connectivity index (χ3v) is 8.97. The van der Waals surface area contributed by atoms with Crippen LogP contribution >= 0.6 is 11.6 Å². The first-order chi connectivity index (χ1) is 18.5. The molecule has 1 saturated heterocycles. The van der Waals surface area contributed by atoms with Gasteiger partial charge in [-0.3, -0.25) is 14.4 Å². The smallest absolute Gasteiger partial charge is 0.180 e. The predicted molar refractivity (Wildman–Crippen MR) is 156 cm³/mol. The van der Waals surface area contributed by atoms with E-state index in [4.69, 9.17) is 11.6 Å². The molecule has 3 aromatic rings. The number of ketones is 3. The minimum atomic E-state index is -1.47. The summed E-state index contributed by atoms with van der Waals surface area (Å²) >= 11 is 6.36. The van der Waals surface area contributed by atoms with E-state index in [1.807, 2.05) is 62.1 Å². The number of hydrogen-bond acceptors (Lipinski definition) is 4. The maximum atomic E-state index is 14.6. The summed E-state index contributed by atoms with van der Waals surface area (Å²) in [5, 5.41) is 0.589. The number of nitrogens with zero attached hydrogens (tertiary/aromatic N) is 1. The Morgan fingerprint density at radius 1 is 0.923 bits per heavy atom. The van der Waals surface area contributed by atoms with Crippen LogP contribution in [0.5, 0.6) is 0 Å². The van der Waals surface area contributed by atoms with Gasteiger partial charge in [-0.15, -0.1) is 0 Å². The Hall–Kier alpha value is -3.50. The standard InChI is InChI=1S/C34H32ClNO3/c1-19(2)20-10-12-21(13-11-20)28-29(32(39)33(3,4)5)36-26-16-15-23(35)18-22(26)14-17-27(36)34(28)30(37)24-8-6-7-9-25(24)31(34)38/h6-19,27-29H,1-5H3/t27-,28-,29-/m1/s1. The van der Waals surface area contributed by atoms with Crippen LogP contribution in [-0.2, 0) is 4.79 Å². The van der Waals surface area contributed by atoms with Crippen molar-refractivity contribution in [2.24, 2.45) is 10.8 Å². The van der Waals surface area contributed by atoms with Gasteiger partial charge in [0.05, 0.1) is 12.1 Å². The molecular weight excluding hydrogens is 506 g/mol. The third kappa shape index (κ3) is 3.54. The van der Waals surface area contributed by atoms with Gasteiger partial charge in [0, 0.05) is 33.2 Å². The number of fused-ring (bicyclic) bond motifs is 5. The summed E-state index contributed by atoms with van der Waals surface area (Å²) in [4.78, 5) is 45.7. The van der Waals surface area contributed by atoms with E-state index in [0.29, 0.717) is 22.1 Å². The summed E-state index contributed by atoms with van der Waals surface area (Å²) < 4.78 is 0. The zero-order valence-electron chi connectivity index (χ0n) is 22.9. The van der Waals surface area contributed by atoms with Crippen LogP contribution in [0.1, 0.15) is 83.9 Å². The van der Waals surface area contributed by atoms with Gasteiger partial charge >= 0.3 is 0 Å². The molecule has 1 aliphatic carbocycles. The molecule has 0 N–H and O–H groups in total. The highest BCUT2D eigenvalue weighted by Gasteiger charge is 2.71. The van der Waals surface area contributed by atoms with Crippen LogP contribution in [0.25, 0.3) is 6.08 Å². The molecule has 2 aliphatic heterocycles. The lowest BCUT2D eigenvalue weighted by Crippen LogP contribution is -2.49. The molecule has 0 unspecified atom stereocenters. The second-order valence-electron chi connectivity index (χ2n) is 12.3. The third-order valence-electron chi connectivity index (χ3n) is 8.74. The Morgan fingerprint density at radius 2 is 1.54 bits per heavy atom. The molecule has 3 aliphatic rings. The van der Waals surface area contributed by atoms with Crippen molar-refractivity contribution < 1.29 is 14.4 Å². The van der Waals surface area contributed by atoms with Gasteiger partial charge in [0.15, 0.2) is 17.3 Å². The van der Waals surface area contributed by atoms with E-state index in [1.54, 1.807) is 30.3 Å². The Kier molecular flexibility index (Phi) is 5.78. The zero-order chi connectivity index (χ0) is 27.9. The summed E-state index contributed by atoms with van der Waals surface area (Å²) in [6.07, 6.45) is 3.88. The lowest BCUT2D eigenvalue weighted by Gasteiger charge is -2.38. The van der Waals surface area contributed by atoms with E-state index in [1.165, 1.54) is 0 Å². The van der Waals surface area contributed by atoms with Crippen molar-refractivity contribution in [3.05, 3.63) is 106 Å². The molecular formula is C34H32ClNO3. The van der Waals surface area contributed by atoms with E-state index in [9.17, 15) is 14.4 Å². The van der Waals surface area contributed by atoms with Crippen molar-refractivity contribution >= 4 is 40.7 Å². The van der Waals surface area contributed by atoms with Gasteiger partial charge in [0.1, 0.15) is 5.41 Å². The molecule has 0 amide bonds. The van der Waals surface area contributed by atoms with Gasteiger partial charge in [-0.1, -0.05) is 107 Å². The van der Waals surface area contributed by atoms with E-state index < -0.39 is 28.8 Å². The normalized spacial score (nSPS) is 22.8. The molecule has 0 saturated carbocycles. The van der Waals surface area contributed by atoms with Crippen LogP contribution in [0.4, 0.5) is 5.69 Å². The first kappa shape index (κ1) is 25.8. The number of benzene rings is 3. The highest BCUT2D eigenvalue weighted by Crippen LogP contribution is 2.61. The zero-order valence-corrected chi connectivity index (χ0v) is 23.6. The minimum absolute atomic E-state index is 0.00457. The maximum absolute atomic E-state index is 14.6. The monoisotopic (exact) mass is 537 g/mol. The van der Waals surface area contributed by atoms with Crippen LogP contribution in [-0.4, -0.2) is 29.4 Å². The van der Waals surface area contributed by atoms with Crippen LogP contribution < -0.4 is 4.90 Å².